The van der Waals surface area contributed by atoms with Crippen molar-refractivity contribution in [2.24, 2.45) is 0 Å². The van der Waals surface area contributed by atoms with Crippen LogP contribution in [0.15, 0.2) is 18.2 Å². The van der Waals surface area contributed by atoms with Crippen molar-refractivity contribution in [3.05, 3.63) is 27.4 Å². The van der Waals surface area contributed by atoms with Gasteiger partial charge in [0.15, 0.2) is 0 Å². The van der Waals surface area contributed by atoms with E-state index in [0.29, 0.717) is 0 Å². The zero-order valence-corrected chi connectivity index (χ0v) is 8.92. The summed E-state index contributed by atoms with van der Waals surface area (Å²) in [4.78, 5) is 1.33. The molecule has 13 heavy (non-hydrogen) atoms. The van der Waals surface area contributed by atoms with Crippen molar-refractivity contribution in [1.82, 2.24) is 5.32 Å². The summed E-state index contributed by atoms with van der Waals surface area (Å²) < 4.78 is 0.883. The molecule has 1 N–H and O–H groups in total. The van der Waals surface area contributed by atoms with Gasteiger partial charge in [0, 0.05) is 4.88 Å². The van der Waals surface area contributed by atoms with Gasteiger partial charge < -0.3 is 5.32 Å². The van der Waals surface area contributed by atoms with Crippen LogP contribution < -0.4 is 5.32 Å². The summed E-state index contributed by atoms with van der Waals surface area (Å²) >= 11 is 7.57. The van der Waals surface area contributed by atoms with Gasteiger partial charge in [-0.2, -0.15) is 0 Å². The molecule has 1 nitrogen and oxygen atoms in total. The van der Waals surface area contributed by atoms with Gasteiger partial charge in [-0.1, -0.05) is 17.7 Å². The second kappa shape index (κ2) is 4.27. The lowest BCUT2D eigenvalue weighted by atomic mass is 10.1. The molecule has 2 rings (SSSR count). The van der Waals surface area contributed by atoms with E-state index in [0.717, 1.165) is 30.3 Å². The fourth-order valence-corrected chi connectivity index (χ4v) is 2.62. The summed E-state index contributed by atoms with van der Waals surface area (Å²) in [6.07, 6.45) is 4.57. The minimum Gasteiger partial charge on any atom is -0.316 e. The highest BCUT2D eigenvalue weighted by atomic mass is 35.5. The Balaban J connectivity index is 2.19. The Kier molecular flexibility index (Phi) is 3.04. The van der Waals surface area contributed by atoms with Crippen molar-refractivity contribution in [3.8, 4) is 0 Å². The minimum absolute atomic E-state index is 0.883. The van der Waals surface area contributed by atoms with Crippen LogP contribution in [0.25, 0.3) is 5.57 Å². The second-order valence-electron chi connectivity index (χ2n) is 3.12. The molecule has 1 aromatic rings. The Labute approximate surface area is 87.4 Å². The van der Waals surface area contributed by atoms with Crippen LogP contribution in [-0.4, -0.2) is 13.1 Å². The normalized spacial score (nSPS) is 18.1. The molecule has 0 saturated carbocycles. The van der Waals surface area contributed by atoms with Gasteiger partial charge in [-0.05, 0) is 43.6 Å². The summed E-state index contributed by atoms with van der Waals surface area (Å²) in [5, 5.41) is 3.37. The molecule has 2 heterocycles. The highest BCUT2D eigenvalue weighted by molar-refractivity contribution is 7.17. The SMILES string of the molecule is Clc1ccc(C2=CCCNCC2)s1. The molecule has 0 aliphatic carbocycles. The average molecular weight is 214 g/mol. The molecule has 0 saturated heterocycles. The summed E-state index contributed by atoms with van der Waals surface area (Å²) in [5.74, 6) is 0. The molecule has 1 aliphatic rings. The van der Waals surface area contributed by atoms with Gasteiger partial charge in [-0.15, -0.1) is 11.3 Å². The summed E-state index contributed by atoms with van der Waals surface area (Å²) in [5.41, 5.74) is 1.45. The van der Waals surface area contributed by atoms with Crippen LogP contribution in [0, 0.1) is 0 Å². The second-order valence-corrected chi connectivity index (χ2v) is 4.84. The van der Waals surface area contributed by atoms with Gasteiger partial charge in [0.1, 0.15) is 0 Å². The first kappa shape index (κ1) is 9.25. The molecule has 0 radical (unpaired) electrons. The number of hydrogen-bond donors (Lipinski definition) is 1. The lowest BCUT2D eigenvalue weighted by molar-refractivity contribution is 0.718. The number of thiophene rings is 1. The van der Waals surface area contributed by atoms with Crippen molar-refractivity contribution in [2.75, 3.05) is 13.1 Å². The van der Waals surface area contributed by atoms with Crippen LogP contribution in [0.1, 0.15) is 17.7 Å². The smallest absolute Gasteiger partial charge is 0.0934 e. The molecule has 0 spiro atoms. The van der Waals surface area contributed by atoms with E-state index in [4.69, 9.17) is 11.6 Å². The third kappa shape index (κ3) is 2.33. The van der Waals surface area contributed by atoms with Gasteiger partial charge in [0.25, 0.3) is 0 Å². The van der Waals surface area contributed by atoms with Crippen molar-refractivity contribution in [3.63, 3.8) is 0 Å². The Morgan fingerprint density at radius 1 is 1.31 bits per heavy atom. The topological polar surface area (TPSA) is 12.0 Å². The number of hydrogen-bond acceptors (Lipinski definition) is 2. The van der Waals surface area contributed by atoms with E-state index in [1.807, 2.05) is 6.07 Å². The first-order valence-corrected chi connectivity index (χ1v) is 5.71. The van der Waals surface area contributed by atoms with Crippen LogP contribution in [0.5, 0.6) is 0 Å². The van der Waals surface area contributed by atoms with Crippen molar-refractivity contribution < 1.29 is 0 Å². The molecule has 0 unspecified atom stereocenters. The van der Waals surface area contributed by atoms with E-state index in [2.05, 4.69) is 17.5 Å². The molecular formula is C10H12ClNS. The standard InChI is InChI=1S/C10H12ClNS/c11-10-4-3-9(13-10)8-2-1-6-12-7-5-8/h2-4,12H,1,5-7H2. The summed E-state index contributed by atoms with van der Waals surface area (Å²) in [6.45, 7) is 2.18. The van der Waals surface area contributed by atoms with Crippen molar-refractivity contribution in [1.29, 1.82) is 0 Å². The van der Waals surface area contributed by atoms with Gasteiger partial charge in [0.05, 0.1) is 4.34 Å². The molecule has 0 atom stereocenters. The Morgan fingerprint density at radius 3 is 3.00 bits per heavy atom. The Bertz CT molecular complexity index is 316. The van der Waals surface area contributed by atoms with Gasteiger partial charge in [0.2, 0.25) is 0 Å². The molecule has 1 aromatic heterocycles. The van der Waals surface area contributed by atoms with E-state index in [1.54, 1.807) is 11.3 Å². The molecule has 1 aliphatic heterocycles. The first-order valence-electron chi connectivity index (χ1n) is 4.52. The molecule has 0 aromatic carbocycles. The van der Waals surface area contributed by atoms with Crippen molar-refractivity contribution >= 4 is 28.5 Å². The highest BCUT2D eigenvalue weighted by Crippen LogP contribution is 2.29. The lowest BCUT2D eigenvalue weighted by Crippen LogP contribution is -2.13. The molecular weight excluding hydrogens is 202 g/mol. The average Bonchev–Trinajstić information content (AvgIpc) is 2.43. The maximum absolute atomic E-state index is 5.90. The third-order valence-electron chi connectivity index (χ3n) is 2.17. The Morgan fingerprint density at radius 2 is 2.23 bits per heavy atom. The molecule has 0 bridgehead atoms. The zero-order chi connectivity index (χ0) is 9.10. The molecule has 3 heteroatoms. The monoisotopic (exact) mass is 213 g/mol. The number of nitrogens with one attached hydrogen (secondary N) is 1. The third-order valence-corrected chi connectivity index (χ3v) is 3.48. The quantitative estimate of drug-likeness (QED) is 0.756. The highest BCUT2D eigenvalue weighted by Gasteiger charge is 2.06. The molecule has 0 fully saturated rings. The minimum atomic E-state index is 0.883. The van der Waals surface area contributed by atoms with Crippen LogP contribution in [0.2, 0.25) is 4.34 Å². The lowest BCUT2D eigenvalue weighted by Gasteiger charge is -2.00. The summed E-state index contributed by atoms with van der Waals surface area (Å²) in [7, 11) is 0. The maximum atomic E-state index is 5.90. The van der Waals surface area contributed by atoms with Crippen molar-refractivity contribution in [2.45, 2.75) is 12.8 Å². The molecule has 0 amide bonds. The van der Waals surface area contributed by atoms with Gasteiger partial charge >= 0.3 is 0 Å². The van der Waals surface area contributed by atoms with E-state index >= 15 is 0 Å². The van der Waals surface area contributed by atoms with E-state index in [1.165, 1.54) is 10.5 Å². The Hall–Kier alpha value is -0.310. The predicted molar refractivity (Wildman–Crippen MR) is 59.4 cm³/mol. The van der Waals surface area contributed by atoms with Crippen LogP contribution in [0.3, 0.4) is 0 Å². The maximum Gasteiger partial charge on any atom is 0.0934 e. The van der Waals surface area contributed by atoms with E-state index in [-0.39, 0.29) is 0 Å². The first-order chi connectivity index (χ1) is 6.36. The number of halogens is 1. The largest absolute Gasteiger partial charge is 0.316 e. The van der Waals surface area contributed by atoms with Crippen LogP contribution >= 0.6 is 22.9 Å². The zero-order valence-electron chi connectivity index (χ0n) is 7.35. The van der Waals surface area contributed by atoms with Crippen LogP contribution in [0.4, 0.5) is 0 Å². The predicted octanol–water partition coefficient (Wildman–Crippen LogP) is 3.17. The van der Waals surface area contributed by atoms with Crippen LogP contribution in [-0.2, 0) is 0 Å². The van der Waals surface area contributed by atoms with Gasteiger partial charge in [-0.25, -0.2) is 0 Å². The number of rotatable bonds is 1. The fraction of sp³-hybridized carbons (Fsp3) is 0.400. The van der Waals surface area contributed by atoms with E-state index in [9.17, 15) is 0 Å². The van der Waals surface area contributed by atoms with E-state index < -0.39 is 0 Å². The molecule has 70 valence electrons. The summed E-state index contributed by atoms with van der Waals surface area (Å²) in [6, 6.07) is 4.09. The fourth-order valence-electron chi connectivity index (χ4n) is 1.51. The van der Waals surface area contributed by atoms with Gasteiger partial charge in [-0.3, -0.25) is 0 Å².